The lowest BCUT2D eigenvalue weighted by atomic mass is 10.2. The number of hydrogen-bond acceptors (Lipinski definition) is 2. The van der Waals surface area contributed by atoms with Crippen LogP contribution in [0.4, 0.5) is 0 Å². The third-order valence-corrected chi connectivity index (χ3v) is 2.10. The number of aromatic amines is 1. The van der Waals surface area contributed by atoms with Gasteiger partial charge in [0.2, 0.25) is 5.56 Å². The maximum absolute atomic E-state index is 11.0. The second-order valence-electron chi connectivity index (χ2n) is 2.84. The molecule has 66 valence electrons. The summed E-state index contributed by atoms with van der Waals surface area (Å²) in [4.78, 5) is 17.7. The fourth-order valence-electron chi connectivity index (χ4n) is 1.23. The van der Waals surface area contributed by atoms with E-state index in [9.17, 15) is 4.79 Å². The zero-order valence-corrected chi connectivity index (χ0v) is 7.72. The first-order valence-corrected chi connectivity index (χ1v) is 4.20. The van der Waals surface area contributed by atoms with E-state index in [0.29, 0.717) is 10.5 Å². The van der Waals surface area contributed by atoms with E-state index in [1.807, 2.05) is 6.92 Å². The van der Waals surface area contributed by atoms with Crippen molar-refractivity contribution in [2.75, 3.05) is 0 Å². The summed E-state index contributed by atoms with van der Waals surface area (Å²) >= 11 is 5.95. The van der Waals surface area contributed by atoms with Gasteiger partial charge in [0.25, 0.3) is 0 Å². The number of rotatable bonds is 0. The highest BCUT2D eigenvalue weighted by Crippen LogP contribution is 2.20. The number of nitrogens with one attached hydrogen (secondary N) is 1. The van der Waals surface area contributed by atoms with Crippen molar-refractivity contribution in [2.24, 2.45) is 0 Å². The van der Waals surface area contributed by atoms with Crippen LogP contribution in [0.15, 0.2) is 23.1 Å². The van der Waals surface area contributed by atoms with E-state index >= 15 is 0 Å². The van der Waals surface area contributed by atoms with Gasteiger partial charge >= 0.3 is 0 Å². The molecule has 0 saturated carbocycles. The Hall–Kier alpha value is -1.35. The van der Waals surface area contributed by atoms with E-state index in [1.165, 1.54) is 6.07 Å². The summed E-state index contributed by atoms with van der Waals surface area (Å²) in [6.45, 7) is 1.84. The van der Waals surface area contributed by atoms with Gasteiger partial charge in [-0.2, -0.15) is 0 Å². The first kappa shape index (κ1) is 8.26. The Morgan fingerprint density at radius 1 is 1.46 bits per heavy atom. The summed E-state index contributed by atoms with van der Waals surface area (Å²) in [6, 6.07) is 3.20. The Kier molecular flexibility index (Phi) is 1.81. The predicted molar refractivity (Wildman–Crippen MR) is 52.1 cm³/mol. The second kappa shape index (κ2) is 2.85. The van der Waals surface area contributed by atoms with E-state index in [0.717, 1.165) is 11.1 Å². The number of aromatic nitrogens is 2. The second-order valence-corrected chi connectivity index (χ2v) is 3.25. The summed E-state index contributed by atoms with van der Waals surface area (Å²) in [7, 11) is 0. The van der Waals surface area contributed by atoms with Gasteiger partial charge in [0.05, 0.1) is 10.5 Å². The van der Waals surface area contributed by atoms with Crippen molar-refractivity contribution in [2.45, 2.75) is 6.92 Å². The van der Waals surface area contributed by atoms with Crippen molar-refractivity contribution in [3.8, 4) is 0 Å². The summed E-state index contributed by atoms with van der Waals surface area (Å²) in [5.41, 5.74) is 1.28. The van der Waals surface area contributed by atoms with Gasteiger partial charge in [-0.25, -0.2) is 0 Å². The molecule has 2 aromatic heterocycles. The monoisotopic (exact) mass is 194 g/mol. The highest BCUT2D eigenvalue weighted by Gasteiger charge is 2.01. The molecule has 0 bridgehead atoms. The molecule has 0 aromatic carbocycles. The molecule has 2 heterocycles. The molecule has 0 aliphatic carbocycles. The van der Waals surface area contributed by atoms with Gasteiger partial charge in [-0.1, -0.05) is 11.6 Å². The fourth-order valence-corrected chi connectivity index (χ4v) is 1.54. The summed E-state index contributed by atoms with van der Waals surface area (Å²) in [5, 5.41) is 1.38. The van der Waals surface area contributed by atoms with Gasteiger partial charge in [0.15, 0.2) is 0 Å². The lowest BCUT2D eigenvalue weighted by Crippen LogP contribution is -2.03. The Morgan fingerprint density at radius 2 is 2.23 bits per heavy atom. The summed E-state index contributed by atoms with van der Waals surface area (Å²) in [5.74, 6) is 0. The lowest BCUT2D eigenvalue weighted by molar-refractivity contribution is 1.21. The minimum Gasteiger partial charge on any atom is -0.328 e. The third-order valence-electron chi connectivity index (χ3n) is 1.79. The maximum Gasteiger partial charge on any atom is 0.250 e. The van der Waals surface area contributed by atoms with Crippen molar-refractivity contribution in [3.63, 3.8) is 0 Å². The number of pyridine rings is 2. The molecular formula is C9H7ClN2O. The number of H-pyrrole nitrogens is 1. The molecule has 0 radical (unpaired) electrons. The van der Waals surface area contributed by atoms with Crippen molar-refractivity contribution >= 4 is 22.5 Å². The standard InChI is InChI=1S/C9H7ClN2O/c1-5-2-7(10)6-4-11-9(13)3-8(6)12-5/h2-4H,1H3,(H,11,13). The molecule has 0 aliphatic heterocycles. The van der Waals surface area contributed by atoms with E-state index in [4.69, 9.17) is 11.6 Å². The zero-order valence-electron chi connectivity index (χ0n) is 6.97. The molecule has 0 unspecified atom stereocenters. The minimum atomic E-state index is -0.165. The minimum absolute atomic E-state index is 0.165. The zero-order chi connectivity index (χ0) is 9.42. The van der Waals surface area contributed by atoms with Crippen molar-refractivity contribution < 1.29 is 0 Å². The van der Waals surface area contributed by atoms with Crippen LogP contribution in [-0.4, -0.2) is 9.97 Å². The quantitative estimate of drug-likeness (QED) is 0.696. The Labute approximate surface area is 79.4 Å². The van der Waals surface area contributed by atoms with Crippen molar-refractivity contribution in [1.29, 1.82) is 0 Å². The first-order chi connectivity index (χ1) is 6.16. The smallest absolute Gasteiger partial charge is 0.250 e. The van der Waals surface area contributed by atoms with Gasteiger partial charge in [-0.05, 0) is 13.0 Å². The normalized spacial score (nSPS) is 10.6. The van der Waals surface area contributed by atoms with Crippen LogP contribution in [0.2, 0.25) is 5.02 Å². The van der Waals surface area contributed by atoms with Crippen LogP contribution in [0.25, 0.3) is 10.9 Å². The van der Waals surface area contributed by atoms with Crippen LogP contribution in [0, 0.1) is 6.92 Å². The maximum atomic E-state index is 11.0. The third kappa shape index (κ3) is 1.42. The molecule has 0 saturated heterocycles. The average Bonchev–Trinajstić information content (AvgIpc) is 2.02. The predicted octanol–water partition coefficient (Wildman–Crippen LogP) is 1.88. The van der Waals surface area contributed by atoms with Crippen LogP contribution >= 0.6 is 11.6 Å². The van der Waals surface area contributed by atoms with E-state index < -0.39 is 0 Å². The summed E-state index contributed by atoms with van der Waals surface area (Å²) < 4.78 is 0. The molecule has 0 aliphatic rings. The number of fused-ring (bicyclic) bond motifs is 1. The topological polar surface area (TPSA) is 45.8 Å². The SMILES string of the molecule is Cc1cc(Cl)c2c[nH]c(=O)cc2n1. The molecule has 0 atom stereocenters. The number of hydrogen-bond donors (Lipinski definition) is 1. The highest BCUT2D eigenvalue weighted by molar-refractivity contribution is 6.35. The molecule has 1 N–H and O–H groups in total. The molecule has 13 heavy (non-hydrogen) atoms. The van der Waals surface area contributed by atoms with Gasteiger partial charge in [-0.15, -0.1) is 0 Å². The van der Waals surface area contributed by atoms with Gasteiger partial charge in [-0.3, -0.25) is 9.78 Å². The molecule has 3 nitrogen and oxygen atoms in total. The number of halogens is 1. The van der Waals surface area contributed by atoms with Crippen LogP contribution in [0.3, 0.4) is 0 Å². The van der Waals surface area contributed by atoms with Crippen molar-refractivity contribution in [1.82, 2.24) is 9.97 Å². The molecule has 0 spiro atoms. The molecular weight excluding hydrogens is 188 g/mol. The Bertz CT molecular complexity index is 518. The Balaban J connectivity index is 2.94. The molecule has 0 fully saturated rings. The van der Waals surface area contributed by atoms with E-state index in [1.54, 1.807) is 12.3 Å². The number of nitrogens with zero attached hydrogens (tertiary/aromatic N) is 1. The first-order valence-electron chi connectivity index (χ1n) is 3.82. The van der Waals surface area contributed by atoms with E-state index in [-0.39, 0.29) is 5.56 Å². The van der Waals surface area contributed by atoms with Crippen LogP contribution in [0.5, 0.6) is 0 Å². The molecule has 2 rings (SSSR count). The van der Waals surface area contributed by atoms with Gasteiger partial charge in [0, 0.05) is 23.3 Å². The average molecular weight is 195 g/mol. The summed E-state index contributed by atoms with van der Waals surface area (Å²) in [6.07, 6.45) is 1.58. The molecule has 0 amide bonds. The van der Waals surface area contributed by atoms with Crippen LogP contribution < -0.4 is 5.56 Å². The van der Waals surface area contributed by atoms with Crippen LogP contribution in [0.1, 0.15) is 5.69 Å². The van der Waals surface area contributed by atoms with E-state index in [2.05, 4.69) is 9.97 Å². The lowest BCUT2D eigenvalue weighted by Gasteiger charge is -1.99. The fraction of sp³-hybridized carbons (Fsp3) is 0.111. The van der Waals surface area contributed by atoms with Gasteiger partial charge < -0.3 is 4.98 Å². The molecule has 2 aromatic rings. The molecule has 4 heteroatoms. The van der Waals surface area contributed by atoms with Crippen molar-refractivity contribution in [3.05, 3.63) is 39.4 Å². The van der Waals surface area contributed by atoms with Crippen LogP contribution in [-0.2, 0) is 0 Å². The highest BCUT2D eigenvalue weighted by atomic mass is 35.5. The number of aryl methyl sites for hydroxylation is 1. The largest absolute Gasteiger partial charge is 0.328 e. The Morgan fingerprint density at radius 3 is 3.00 bits per heavy atom. The van der Waals surface area contributed by atoms with Gasteiger partial charge in [0.1, 0.15) is 0 Å².